The van der Waals surface area contributed by atoms with Gasteiger partial charge in [-0.05, 0) is 44.5 Å². The topological polar surface area (TPSA) is 57.5 Å². The van der Waals surface area contributed by atoms with Gasteiger partial charge in [0.1, 0.15) is 0 Å². The third-order valence-corrected chi connectivity index (χ3v) is 5.56. The summed E-state index contributed by atoms with van der Waals surface area (Å²) < 4.78 is 3.04. The number of nitrogens with one attached hydrogen (secondary N) is 2. The highest BCUT2D eigenvalue weighted by Gasteiger charge is 2.23. The number of hydrogen-bond donors (Lipinski definition) is 2. The molecule has 1 fully saturated rings. The Morgan fingerprint density at radius 3 is 2.65 bits per heavy atom. The molecule has 2 aromatic rings. The molecule has 140 valence electrons. The molecule has 0 radical (unpaired) electrons. The molecule has 1 aliphatic rings. The molecule has 1 unspecified atom stereocenters. The average molecular weight is 419 g/mol. The van der Waals surface area contributed by atoms with Crippen molar-refractivity contribution in [1.29, 1.82) is 0 Å². The first-order valence-electron chi connectivity index (χ1n) is 8.94. The van der Waals surface area contributed by atoms with Gasteiger partial charge in [-0.15, -0.1) is 0 Å². The van der Waals surface area contributed by atoms with E-state index in [1.165, 1.54) is 16.9 Å². The van der Waals surface area contributed by atoms with Crippen LogP contribution in [0.3, 0.4) is 0 Å². The Bertz CT molecular complexity index is 780. The van der Waals surface area contributed by atoms with E-state index in [4.69, 9.17) is 0 Å². The minimum absolute atomic E-state index is 0.390. The molecule has 1 aromatic heterocycles. The van der Waals surface area contributed by atoms with Gasteiger partial charge in [-0.1, -0.05) is 15.9 Å². The van der Waals surface area contributed by atoms with Crippen LogP contribution < -0.4 is 15.5 Å². The molecular formula is C19H27BrN6. The van der Waals surface area contributed by atoms with E-state index in [1.54, 1.807) is 0 Å². The number of benzene rings is 1. The van der Waals surface area contributed by atoms with Crippen LogP contribution in [0.4, 0.5) is 5.69 Å². The van der Waals surface area contributed by atoms with Crippen molar-refractivity contribution in [1.82, 2.24) is 20.4 Å². The number of rotatable bonds is 4. The summed E-state index contributed by atoms with van der Waals surface area (Å²) in [4.78, 5) is 6.79. The molecule has 1 aliphatic heterocycles. The largest absolute Gasteiger partial charge is 0.369 e. The third kappa shape index (κ3) is 4.20. The molecule has 0 amide bonds. The first-order valence-corrected chi connectivity index (χ1v) is 9.74. The Kier molecular flexibility index (Phi) is 5.86. The molecular weight excluding hydrogens is 392 g/mol. The van der Waals surface area contributed by atoms with Crippen LogP contribution >= 0.6 is 15.9 Å². The normalized spacial score (nSPS) is 17.7. The first kappa shape index (κ1) is 18.8. The lowest BCUT2D eigenvalue weighted by atomic mass is 10.2. The van der Waals surface area contributed by atoms with Crippen LogP contribution in [0.2, 0.25) is 0 Å². The Labute approximate surface area is 163 Å². The van der Waals surface area contributed by atoms with Gasteiger partial charge in [0.25, 0.3) is 0 Å². The van der Waals surface area contributed by atoms with Crippen molar-refractivity contribution in [3.8, 4) is 0 Å². The highest BCUT2D eigenvalue weighted by atomic mass is 79.9. The van der Waals surface area contributed by atoms with E-state index in [0.29, 0.717) is 6.04 Å². The zero-order valence-electron chi connectivity index (χ0n) is 15.9. The highest BCUT2D eigenvalue weighted by molar-refractivity contribution is 9.10. The van der Waals surface area contributed by atoms with Crippen LogP contribution in [-0.2, 0) is 13.6 Å². The minimum atomic E-state index is 0.390. The average Bonchev–Trinajstić information content (AvgIpc) is 3.18. The fourth-order valence-corrected chi connectivity index (χ4v) is 3.66. The monoisotopic (exact) mass is 418 g/mol. The van der Waals surface area contributed by atoms with Crippen molar-refractivity contribution < 1.29 is 0 Å². The van der Waals surface area contributed by atoms with E-state index in [-0.39, 0.29) is 0 Å². The molecule has 7 heteroatoms. The number of aryl methyl sites for hydroxylation is 2. The lowest BCUT2D eigenvalue weighted by Crippen LogP contribution is -2.44. The van der Waals surface area contributed by atoms with Gasteiger partial charge in [0.2, 0.25) is 0 Å². The van der Waals surface area contributed by atoms with E-state index in [2.05, 4.69) is 72.7 Å². The van der Waals surface area contributed by atoms with Crippen LogP contribution in [0.5, 0.6) is 0 Å². The van der Waals surface area contributed by atoms with Crippen molar-refractivity contribution in [3.05, 3.63) is 45.7 Å². The highest BCUT2D eigenvalue weighted by Crippen LogP contribution is 2.22. The zero-order chi connectivity index (χ0) is 18.7. The van der Waals surface area contributed by atoms with Gasteiger partial charge >= 0.3 is 0 Å². The van der Waals surface area contributed by atoms with Gasteiger partial charge in [0, 0.05) is 61.2 Å². The van der Waals surface area contributed by atoms with Gasteiger partial charge in [0.05, 0.1) is 5.69 Å². The molecule has 1 atom stereocenters. The second kappa shape index (κ2) is 8.12. The predicted molar refractivity (Wildman–Crippen MR) is 111 cm³/mol. The lowest BCUT2D eigenvalue weighted by molar-refractivity contribution is 0.648. The van der Waals surface area contributed by atoms with E-state index in [0.717, 1.165) is 42.2 Å². The van der Waals surface area contributed by atoms with Crippen molar-refractivity contribution in [2.75, 3.05) is 25.0 Å². The molecule has 0 spiro atoms. The van der Waals surface area contributed by atoms with Gasteiger partial charge < -0.3 is 15.5 Å². The van der Waals surface area contributed by atoms with Gasteiger partial charge in [0.15, 0.2) is 5.96 Å². The Morgan fingerprint density at radius 2 is 2.04 bits per heavy atom. The molecule has 2 N–H and O–H groups in total. The van der Waals surface area contributed by atoms with Crippen molar-refractivity contribution in [2.45, 2.75) is 32.9 Å². The number of hydrogen-bond acceptors (Lipinski definition) is 3. The number of anilines is 1. The van der Waals surface area contributed by atoms with E-state index in [1.807, 2.05) is 25.7 Å². The quantitative estimate of drug-likeness (QED) is 0.591. The molecule has 3 rings (SSSR count). The summed E-state index contributed by atoms with van der Waals surface area (Å²) in [5.41, 5.74) is 4.75. The summed E-state index contributed by atoms with van der Waals surface area (Å²) in [6, 6.07) is 8.89. The van der Waals surface area contributed by atoms with Crippen molar-refractivity contribution in [2.24, 2.45) is 12.0 Å². The van der Waals surface area contributed by atoms with E-state index < -0.39 is 0 Å². The molecule has 1 aromatic carbocycles. The van der Waals surface area contributed by atoms with E-state index in [9.17, 15) is 0 Å². The summed E-state index contributed by atoms with van der Waals surface area (Å²) in [6.07, 6.45) is 1.10. The fraction of sp³-hybridized carbons (Fsp3) is 0.474. The first-order chi connectivity index (χ1) is 12.5. The summed E-state index contributed by atoms with van der Waals surface area (Å²) >= 11 is 3.50. The SMILES string of the molecule is CN=C(NCc1c(C)nn(C)c1C)NC1CCN(c2ccc(Br)cc2)C1. The maximum absolute atomic E-state index is 4.47. The van der Waals surface area contributed by atoms with Crippen LogP contribution in [-0.4, -0.2) is 41.9 Å². The Balaban J connectivity index is 1.55. The maximum atomic E-state index is 4.47. The molecule has 0 saturated carbocycles. The predicted octanol–water partition coefficient (Wildman–Crippen LogP) is 2.74. The van der Waals surface area contributed by atoms with Crippen molar-refractivity contribution >= 4 is 27.6 Å². The summed E-state index contributed by atoms with van der Waals surface area (Å²) in [5.74, 6) is 0.843. The molecule has 0 bridgehead atoms. The van der Waals surface area contributed by atoms with E-state index >= 15 is 0 Å². The second-order valence-corrected chi connectivity index (χ2v) is 7.67. The van der Waals surface area contributed by atoms with Crippen LogP contribution in [0.1, 0.15) is 23.4 Å². The van der Waals surface area contributed by atoms with Crippen LogP contribution in [0.25, 0.3) is 0 Å². The standard InChI is InChI=1S/C19H27BrN6/c1-13-18(14(2)25(4)24-13)11-22-19(21-3)23-16-9-10-26(12-16)17-7-5-15(20)6-8-17/h5-8,16H,9-12H2,1-4H3,(H2,21,22,23). The lowest BCUT2D eigenvalue weighted by Gasteiger charge is -2.20. The fourth-order valence-electron chi connectivity index (χ4n) is 3.40. The maximum Gasteiger partial charge on any atom is 0.191 e. The number of guanidine groups is 1. The molecule has 6 nitrogen and oxygen atoms in total. The number of aliphatic imine (C=N–C) groups is 1. The second-order valence-electron chi connectivity index (χ2n) is 6.75. The summed E-state index contributed by atoms with van der Waals surface area (Å²) in [7, 11) is 3.80. The Morgan fingerprint density at radius 1 is 1.31 bits per heavy atom. The zero-order valence-corrected chi connectivity index (χ0v) is 17.5. The molecule has 2 heterocycles. The Hall–Kier alpha value is -2.02. The van der Waals surface area contributed by atoms with Crippen LogP contribution in [0, 0.1) is 13.8 Å². The number of aromatic nitrogens is 2. The smallest absolute Gasteiger partial charge is 0.191 e. The van der Waals surface area contributed by atoms with Gasteiger partial charge in [-0.25, -0.2) is 0 Å². The minimum Gasteiger partial charge on any atom is -0.369 e. The van der Waals surface area contributed by atoms with Gasteiger partial charge in [-0.3, -0.25) is 9.67 Å². The van der Waals surface area contributed by atoms with Crippen LogP contribution in [0.15, 0.2) is 33.7 Å². The summed E-state index contributed by atoms with van der Waals surface area (Å²) in [6.45, 7) is 6.91. The third-order valence-electron chi connectivity index (χ3n) is 5.04. The van der Waals surface area contributed by atoms with Gasteiger partial charge in [-0.2, -0.15) is 5.10 Å². The summed E-state index contributed by atoms with van der Waals surface area (Å²) in [5, 5.41) is 11.5. The number of nitrogens with zero attached hydrogens (tertiary/aromatic N) is 4. The number of halogens is 1. The molecule has 26 heavy (non-hydrogen) atoms. The van der Waals surface area contributed by atoms with Crippen molar-refractivity contribution in [3.63, 3.8) is 0 Å². The molecule has 1 saturated heterocycles. The molecule has 0 aliphatic carbocycles.